The summed E-state index contributed by atoms with van der Waals surface area (Å²) in [5, 5.41) is 3.51. The second kappa shape index (κ2) is 5.54. The van der Waals surface area contributed by atoms with Crippen molar-refractivity contribution < 1.29 is 0 Å². The first-order chi connectivity index (χ1) is 9.72. The van der Waals surface area contributed by atoms with Crippen molar-refractivity contribution in [3.63, 3.8) is 0 Å². The summed E-state index contributed by atoms with van der Waals surface area (Å²) in [7, 11) is 0. The first-order valence-corrected chi connectivity index (χ1v) is 6.95. The van der Waals surface area contributed by atoms with Gasteiger partial charge in [0, 0.05) is 36.7 Å². The molecule has 104 valence electrons. The molecule has 0 radical (unpaired) electrons. The van der Waals surface area contributed by atoms with Crippen LogP contribution in [0.2, 0.25) is 0 Å². The molecule has 2 heterocycles. The number of H-pyrrole nitrogens is 1. The van der Waals surface area contributed by atoms with Crippen molar-refractivity contribution in [2.75, 3.05) is 0 Å². The second-order valence-corrected chi connectivity index (χ2v) is 5.23. The number of fused-ring (bicyclic) bond motifs is 1. The van der Waals surface area contributed by atoms with Crippen molar-refractivity contribution in [1.82, 2.24) is 20.3 Å². The molecule has 1 aliphatic rings. The molecule has 0 saturated heterocycles. The summed E-state index contributed by atoms with van der Waals surface area (Å²) in [5.74, 6) is 0. The Labute approximate surface area is 117 Å². The van der Waals surface area contributed by atoms with Gasteiger partial charge in [0.1, 0.15) is 0 Å². The summed E-state index contributed by atoms with van der Waals surface area (Å²) < 4.78 is 0. The van der Waals surface area contributed by atoms with Crippen LogP contribution in [-0.2, 0) is 13.0 Å². The van der Waals surface area contributed by atoms with Crippen LogP contribution in [0.4, 0.5) is 0 Å². The van der Waals surface area contributed by atoms with Crippen LogP contribution in [0.3, 0.4) is 0 Å². The van der Waals surface area contributed by atoms with Gasteiger partial charge in [0.15, 0.2) is 0 Å². The molecule has 2 aromatic rings. The number of aromatic amines is 1. The predicted octanol–water partition coefficient (Wildman–Crippen LogP) is 1.64. The van der Waals surface area contributed by atoms with E-state index in [9.17, 15) is 4.79 Å². The molecule has 20 heavy (non-hydrogen) atoms. The molecule has 2 N–H and O–H groups in total. The Hall–Kier alpha value is -2.01. The van der Waals surface area contributed by atoms with E-state index in [1.807, 2.05) is 13.0 Å². The first-order valence-electron chi connectivity index (χ1n) is 6.95. The van der Waals surface area contributed by atoms with Gasteiger partial charge in [-0.15, -0.1) is 0 Å². The van der Waals surface area contributed by atoms with Gasteiger partial charge in [0.2, 0.25) is 5.56 Å². The van der Waals surface area contributed by atoms with E-state index in [0.29, 0.717) is 6.54 Å². The van der Waals surface area contributed by atoms with E-state index in [4.69, 9.17) is 0 Å². The molecule has 5 heteroatoms. The lowest BCUT2D eigenvalue weighted by Gasteiger charge is -2.25. The Morgan fingerprint density at radius 3 is 3.05 bits per heavy atom. The Morgan fingerprint density at radius 1 is 1.35 bits per heavy atom. The average Bonchev–Trinajstić information content (AvgIpc) is 2.46. The van der Waals surface area contributed by atoms with Crippen molar-refractivity contribution in [3.05, 3.63) is 57.5 Å². The van der Waals surface area contributed by atoms with Gasteiger partial charge in [-0.3, -0.25) is 14.8 Å². The third-order valence-corrected chi connectivity index (χ3v) is 3.70. The number of nitrogens with zero attached hydrogens (tertiary/aromatic N) is 2. The monoisotopic (exact) mass is 270 g/mol. The largest absolute Gasteiger partial charge is 0.326 e. The minimum absolute atomic E-state index is 0.0196. The summed E-state index contributed by atoms with van der Waals surface area (Å²) in [6.45, 7) is 2.62. The molecule has 0 spiro atoms. The van der Waals surface area contributed by atoms with Crippen molar-refractivity contribution in [2.24, 2.45) is 0 Å². The number of rotatable bonds is 3. The Bertz CT molecular complexity index is 648. The van der Waals surface area contributed by atoms with E-state index in [-0.39, 0.29) is 11.6 Å². The van der Waals surface area contributed by atoms with Gasteiger partial charge in [0.25, 0.3) is 0 Å². The van der Waals surface area contributed by atoms with Crippen molar-refractivity contribution in [2.45, 2.75) is 38.8 Å². The van der Waals surface area contributed by atoms with E-state index in [1.54, 1.807) is 18.5 Å². The van der Waals surface area contributed by atoms with Gasteiger partial charge in [-0.1, -0.05) is 6.07 Å². The molecule has 2 aromatic heterocycles. The van der Waals surface area contributed by atoms with E-state index < -0.39 is 0 Å². The molecule has 0 fully saturated rings. The fourth-order valence-electron chi connectivity index (χ4n) is 2.65. The van der Waals surface area contributed by atoms with Crippen molar-refractivity contribution in [1.29, 1.82) is 0 Å². The van der Waals surface area contributed by atoms with E-state index in [1.165, 1.54) is 5.56 Å². The summed E-state index contributed by atoms with van der Waals surface area (Å²) in [5.41, 5.74) is 4.11. The molecule has 1 aliphatic carbocycles. The zero-order valence-electron chi connectivity index (χ0n) is 11.5. The average molecular weight is 270 g/mol. The molecule has 0 saturated carbocycles. The normalized spacial score (nSPS) is 17.8. The van der Waals surface area contributed by atoms with Crippen LogP contribution in [0.5, 0.6) is 0 Å². The highest BCUT2D eigenvalue weighted by Gasteiger charge is 2.20. The number of aryl methyl sites for hydroxylation is 2. The van der Waals surface area contributed by atoms with Gasteiger partial charge in [0.05, 0.1) is 11.4 Å². The third kappa shape index (κ3) is 2.77. The standard InChI is InChI=1S/C15H18N4O/c1-10-7-17-11(8-16-10)9-18-13-3-2-4-14-12(13)5-6-15(20)19-14/h5-8,13,18H,2-4,9H2,1H3,(H,19,20). The highest BCUT2D eigenvalue weighted by atomic mass is 16.1. The second-order valence-electron chi connectivity index (χ2n) is 5.23. The zero-order chi connectivity index (χ0) is 13.9. The highest BCUT2D eigenvalue weighted by Crippen LogP contribution is 2.27. The zero-order valence-corrected chi connectivity index (χ0v) is 11.5. The minimum atomic E-state index is -0.0196. The lowest BCUT2D eigenvalue weighted by Crippen LogP contribution is -2.27. The first kappa shape index (κ1) is 13.0. The number of nitrogens with one attached hydrogen (secondary N) is 2. The molecule has 0 amide bonds. The van der Waals surface area contributed by atoms with E-state index in [0.717, 1.165) is 36.3 Å². The maximum Gasteiger partial charge on any atom is 0.248 e. The Morgan fingerprint density at radius 2 is 2.25 bits per heavy atom. The van der Waals surface area contributed by atoms with Gasteiger partial charge in [-0.2, -0.15) is 0 Å². The molecular formula is C15H18N4O. The number of hydrogen-bond acceptors (Lipinski definition) is 4. The molecule has 1 atom stereocenters. The van der Waals surface area contributed by atoms with Gasteiger partial charge in [-0.25, -0.2) is 0 Å². The van der Waals surface area contributed by atoms with Crippen LogP contribution in [-0.4, -0.2) is 15.0 Å². The lowest BCUT2D eigenvalue weighted by molar-refractivity contribution is 0.450. The van der Waals surface area contributed by atoms with Crippen LogP contribution >= 0.6 is 0 Å². The third-order valence-electron chi connectivity index (χ3n) is 3.70. The van der Waals surface area contributed by atoms with Crippen LogP contribution < -0.4 is 10.9 Å². The SMILES string of the molecule is Cc1cnc(CNC2CCCc3[nH]c(=O)ccc32)cn1. The molecule has 0 aliphatic heterocycles. The highest BCUT2D eigenvalue weighted by molar-refractivity contribution is 5.26. The summed E-state index contributed by atoms with van der Waals surface area (Å²) in [4.78, 5) is 22.9. The molecule has 5 nitrogen and oxygen atoms in total. The maximum atomic E-state index is 11.4. The molecule has 1 unspecified atom stereocenters. The van der Waals surface area contributed by atoms with Crippen LogP contribution in [0.1, 0.15) is 41.5 Å². The molecule has 0 bridgehead atoms. The van der Waals surface area contributed by atoms with E-state index in [2.05, 4.69) is 20.3 Å². The fraction of sp³-hybridized carbons (Fsp3) is 0.400. The Balaban J connectivity index is 1.73. The van der Waals surface area contributed by atoms with Crippen molar-refractivity contribution >= 4 is 0 Å². The van der Waals surface area contributed by atoms with Crippen molar-refractivity contribution in [3.8, 4) is 0 Å². The summed E-state index contributed by atoms with van der Waals surface area (Å²) in [6.07, 6.45) is 6.71. The van der Waals surface area contributed by atoms with Gasteiger partial charge >= 0.3 is 0 Å². The molecule has 0 aromatic carbocycles. The van der Waals surface area contributed by atoms with Gasteiger partial charge < -0.3 is 10.3 Å². The topological polar surface area (TPSA) is 70.7 Å². The Kier molecular flexibility index (Phi) is 3.60. The lowest BCUT2D eigenvalue weighted by atomic mass is 9.91. The van der Waals surface area contributed by atoms with Gasteiger partial charge in [-0.05, 0) is 31.7 Å². The predicted molar refractivity (Wildman–Crippen MR) is 76.4 cm³/mol. The maximum absolute atomic E-state index is 11.4. The van der Waals surface area contributed by atoms with E-state index >= 15 is 0 Å². The van der Waals surface area contributed by atoms with Crippen LogP contribution in [0.15, 0.2) is 29.3 Å². The van der Waals surface area contributed by atoms with Crippen LogP contribution in [0.25, 0.3) is 0 Å². The number of aromatic nitrogens is 3. The smallest absolute Gasteiger partial charge is 0.248 e. The number of pyridine rings is 1. The van der Waals surface area contributed by atoms with Crippen LogP contribution in [0, 0.1) is 6.92 Å². The molecule has 3 rings (SSSR count). The minimum Gasteiger partial charge on any atom is -0.326 e. The number of hydrogen-bond donors (Lipinski definition) is 2. The summed E-state index contributed by atoms with van der Waals surface area (Å²) in [6, 6.07) is 3.81. The molecular weight excluding hydrogens is 252 g/mol. The fourth-order valence-corrected chi connectivity index (χ4v) is 2.65. The summed E-state index contributed by atoms with van der Waals surface area (Å²) >= 11 is 0. The quantitative estimate of drug-likeness (QED) is 0.889.